The van der Waals surface area contributed by atoms with Crippen LogP contribution in [0.3, 0.4) is 0 Å². The number of amides is 2. The second-order valence-corrected chi connectivity index (χ2v) is 7.44. The summed E-state index contributed by atoms with van der Waals surface area (Å²) in [6, 6.07) is 11.4. The van der Waals surface area contributed by atoms with Crippen molar-refractivity contribution in [2.75, 3.05) is 30.0 Å². The Morgan fingerprint density at radius 2 is 1.94 bits per heavy atom. The van der Waals surface area contributed by atoms with Crippen LogP contribution < -0.4 is 15.0 Å². The Morgan fingerprint density at radius 3 is 2.69 bits per heavy atom. The van der Waals surface area contributed by atoms with Gasteiger partial charge < -0.3 is 19.7 Å². The molecule has 0 fully saturated rings. The van der Waals surface area contributed by atoms with Crippen molar-refractivity contribution in [2.45, 2.75) is 33.1 Å². The normalized spacial score (nSPS) is 12.6. The zero-order valence-corrected chi connectivity index (χ0v) is 18.2. The molecule has 0 saturated heterocycles. The van der Waals surface area contributed by atoms with Gasteiger partial charge in [-0.25, -0.2) is 4.79 Å². The highest BCUT2D eigenvalue weighted by atomic mass is 16.5. The van der Waals surface area contributed by atoms with Crippen molar-refractivity contribution in [3.63, 3.8) is 0 Å². The molecule has 1 heterocycles. The summed E-state index contributed by atoms with van der Waals surface area (Å²) in [4.78, 5) is 50.1. The van der Waals surface area contributed by atoms with E-state index in [1.54, 1.807) is 42.5 Å². The zero-order chi connectivity index (χ0) is 23.1. The fourth-order valence-corrected chi connectivity index (χ4v) is 3.22. The molecule has 1 aliphatic heterocycles. The standard InChI is InChI=1S/C24H26N2O6/c1-3-4-12-31-24(30)18-6-5-7-19(13-18)25-22(28)10-11-26-20-14-17(16(2)27)8-9-21(20)32-15-23(26)29/h5-9,13-14H,3-4,10-12,15H2,1-2H3,(H,25,28). The first-order valence-corrected chi connectivity index (χ1v) is 10.5. The minimum atomic E-state index is -0.439. The first-order valence-electron chi connectivity index (χ1n) is 10.5. The summed E-state index contributed by atoms with van der Waals surface area (Å²) in [5.41, 5.74) is 1.75. The zero-order valence-electron chi connectivity index (χ0n) is 18.2. The molecule has 168 valence electrons. The molecule has 1 N–H and O–H groups in total. The summed E-state index contributed by atoms with van der Waals surface area (Å²) in [6.45, 7) is 3.80. The largest absolute Gasteiger partial charge is 0.482 e. The highest BCUT2D eigenvalue weighted by Gasteiger charge is 2.26. The lowest BCUT2D eigenvalue weighted by Gasteiger charge is -2.29. The highest BCUT2D eigenvalue weighted by molar-refractivity contribution is 6.02. The number of hydrogen-bond donors (Lipinski definition) is 1. The number of carbonyl (C=O) groups is 4. The van der Waals surface area contributed by atoms with Crippen molar-refractivity contribution in [1.82, 2.24) is 0 Å². The summed E-state index contributed by atoms with van der Waals surface area (Å²) in [6.07, 6.45) is 1.75. The lowest BCUT2D eigenvalue weighted by Crippen LogP contribution is -2.40. The number of nitrogens with one attached hydrogen (secondary N) is 1. The van der Waals surface area contributed by atoms with E-state index in [2.05, 4.69) is 5.32 Å². The molecule has 2 amide bonds. The number of carbonyl (C=O) groups excluding carboxylic acids is 4. The smallest absolute Gasteiger partial charge is 0.338 e. The molecular weight excluding hydrogens is 412 g/mol. The topological polar surface area (TPSA) is 102 Å². The SMILES string of the molecule is CCCCOC(=O)c1cccc(NC(=O)CCN2C(=O)COc3ccc(C(C)=O)cc32)c1. The maximum atomic E-state index is 12.5. The maximum Gasteiger partial charge on any atom is 0.338 e. The second kappa shape index (κ2) is 10.6. The minimum Gasteiger partial charge on any atom is -0.482 e. The van der Waals surface area contributed by atoms with Gasteiger partial charge in [0.15, 0.2) is 12.4 Å². The molecule has 0 spiro atoms. The fraction of sp³-hybridized carbons (Fsp3) is 0.333. The van der Waals surface area contributed by atoms with Gasteiger partial charge in [-0.3, -0.25) is 14.4 Å². The third kappa shape index (κ3) is 5.72. The van der Waals surface area contributed by atoms with Crippen molar-refractivity contribution in [2.24, 2.45) is 0 Å². The summed E-state index contributed by atoms with van der Waals surface area (Å²) < 4.78 is 10.6. The van der Waals surface area contributed by atoms with Crippen LogP contribution in [0.2, 0.25) is 0 Å². The van der Waals surface area contributed by atoms with E-state index < -0.39 is 5.97 Å². The quantitative estimate of drug-likeness (QED) is 0.365. The Morgan fingerprint density at radius 1 is 1.12 bits per heavy atom. The molecule has 8 nitrogen and oxygen atoms in total. The summed E-state index contributed by atoms with van der Waals surface area (Å²) in [7, 11) is 0. The number of nitrogens with zero attached hydrogens (tertiary/aromatic N) is 1. The predicted molar refractivity (Wildman–Crippen MR) is 119 cm³/mol. The van der Waals surface area contributed by atoms with E-state index in [0.29, 0.717) is 34.9 Å². The molecular formula is C24H26N2O6. The van der Waals surface area contributed by atoms with Gasteiger partial charge >= 0.3 is 5.97 Å². The van der Waals surface area contributed by atoms with Crippen molar-refractivity contribution < 1.29 is 28.7 Å². The number of esters is 1. The number of rotatable bonds is 9. The lowest BCUT2D eigenvalue weighted by atomic mass is 10.1. The second-order valence-electron chi connectivity index (χ2n) is 7.44. The number of Topliss-reactive ketones (excluding diaryl/α,β-unsaturated/α-hetero) is 1. The van der Waals surface area contributed by atoms with Gasteiger partial charge in [-0.05, 0) is 49.7 Å². The highest BCUT2D eigenvalue weighted by Crippen LogP contribution is 2.33. The predicted octanol–water partition coefficient (Wildman–Crippen LogP) is 3.60. The Labute approximate surface area is 186 Å². The van der Waals surface area contributed by atoms with Crippen LogP contribution in [-0.4, -0.2) is 43.3 Å². The minimum absolute atomic E-state index is 0.0284. The van der Waals surface area contributed by atoms with E-state index >= 15 is 0 Å². The van der Waals surface area contributed by atoms with Gasteiger partial charge in [0.25, 0.3) is 5.91 Å². The van der Waals surface area contributed by atoms with Crippen molar-refractivity contribution in [3.8, 4) is 5.75 Å². The molecule has 32 heavy (non-hydrogen) atoms. The summed E-state index contributed by atoms with van der Waals surface area (Å²) in [5, 5.41) is 2.74. The van der Waals surface area contributed by atoms with Gasteiger partial charge in [0.2, 0.25) is 5.91 Å². The van der Waals surface area contributed by atoms with Crippen molar-refractivity contribution in [3.05, 3.63) is 53.6 Å². The van der Waals surface area contributed by atoms with E-state index in [1.165, 1.54) is 11.8 Å². The number of unbranched alkanes of at least 4 members (excludes halogenated alkanes) is 1. The van der Waals surface area contributed by atoms with Crippen LogP contribution in [0, 0.1) is 0 Å². The number of hydrogen-bond acceptors (Lipinski definition) is 6. The Kier molecular flexibility index (Phi) is 7.59. The Hall–Kier alpha value is -3.68. The van der Waals surface area contributed by atoms with Crippen molar-refractivity contribution in [1.29, 1.82) is 0 Å². The summed E-state index contributed by atoms with van der Waals surface area (Å²) in [5.74, 6) is -0.680. The molecule has 3 rings (SSSR count). The van der Waals surface area contributed by atoms with Crippen LogP contribution >= 0.6 is 0 Å². The van der Waals surface area contributed by atoms with Gasteiger partial charge in [0.05, 0.1) is 17.9 Å². The van der Waals surface area contributed by atoms with Gasteiger partial charge in [0, 0.05) is 24.2 Å². The molecule has 8 heteroatoms. The molecule has 0 bridgehead atoms. The number of anilines is 2. The monoisotopic (exact) mass is 438 g/mol. The number of ether oxygens (including phenoxy) is 2. The van der Waals surface area contributed by atoms with Crippen molar-refractivity contribution >= 4 is 34.9 Å². The summed E-state index contributed by atoms with van der Waals surface area (Å²) >= 11 is 0. The van der Waals surface area contributed by atoms with E-state index in [-0.39, 0.29) is 37.2 Å². The van der Waals surface area contributed by atoms with E-state index in [4.69, 9.17) is 9.47 Å². The molecule has 0 aliphatic carbocycles. The molecule has 1 aliphatic rings. The first kappa shape index (κ1) is 23.0. The van der Waals surface area contributed by atoms with E-state index in [1.807, 2.05) is 6.92 Å². The average molecular weight is 438 g/mol. The van der Waals surface area contributed by atoms with Crippen LogP contribution in [0.5, 0.6) is 5.75 Å². The first-order chi connectivity index (χ1) is 15.4. The molecule has 0 aromatic heterocycles. The third-order valence-corrected chi connectivity index (χ3v) is 4.98. The average Bonchev–Trinajstić information content (AvgIpc) is 2.78. The van der Waals surface area contributed by atoms with E-state index in [9.17, 15) is 19.2 Å². The van der Waals surface area contributed by atoms with Crippen LogP contribution in [0.25, 0.3) is 0 Å². The van der Waals surface area contributed by atoms with Gasteiger partial charge in [-0.1, -0.05) is 19.4 Å². The fourth-order valence-electron chi connectivity index (χ4n) is 3.22. The molecule has 2 aromatic carbocycles. The number of ketones is 1. The number of benzene rings is 2. The molecule has 0 radical (unpaired) electrons. The maximum absolute atomic E-state index is 12.5. The van der Waals surface area contributed by atoms with Gasteiger partial charge in [-0.2, -0.15) is 0 Å². The van der Waals surface area contributed by atoms with Crippen LogP contribution in [-0.2, 0) is 14.3 Å². The molecule has 0 atom stereocenters. The van der Waals surface area contributed by atoms with Gasteiger partial charge in [0.1, 0.15) is 5.75 Å². The van der Waals surface area contributed by atoms with Crippen LogP contribution in [0.4, 0.5) is 11.4 Å². The third-order valence-electron chi connectivity index (χ3n) is 4.98. The van der Waals surface area contributed by atoms with E-state index in [0.717, 1.165) is 12.8 Å². The molecule has 0 saturated carbocycles. The Balaban J connectivity index is 1.63. The molecule has 2 aromatic rings. The lowest BCUT2D eigenvalue weighted by molar-refractivity contribution is -0.121. The number of fused-ring (bicyclic) bond motifs is 1. The Bertz CT molecular complexity index is 1030. The molecule has 0 unspecified atom stereocenters. The van der Waals surface area contributed by atoms with Gasteiger partial charge in [-0.15, -0.1) is 0 Å². The van der Waals surface area contributed by atoms with Crippen LogP contribution in [0.1, 0.15) is 53.8 Å². The van der Waals surface area contributed by atoms with Crippen LogP contribution in [0.15, 0.2) is 42.5 Å².